The monoisotopic (exact) mass is 327 g/mol. The van der Waals surface area contributed by atoms with Gasteiger partial charge in [0.2, 0.25) is 0 Å². The van der Waals surface area contributed by atoms with E-state index in [2.05, 4.69) is 9.98 Å². The number of rotatable bonds is 3. The fraction of sp³-hybridized carbons (Fsp3) is 0.176. The molecular weight excluding hydrogens is 310 g/mol. The highest BCUT2D eigenvalue weighted by Gasteiger charge is 2.32. The molecule has 2 aromatic rings. The summed E-state index contributed by atoms with van der Waals surface area (Å²) in [5.74, 6) is 0.0425. The van der Waals surface area contributed by atoms with Gasteiger partial charge in [-0.05, 0) is 61.5 Å². The number of phenols is 1. The van der Waals surface area contributed by atoms with E-state index in [1.165, 1.54) is 11.8 Å². The number of nitrogens with one attached hydrogen (secondary N) is 1. The Labute approximate surface area is 138 Å². The molecule has 23 heavy (non-hydrogen) atoms. The van der Waals surface area contributed by atoms with Crippen molar-refractivity contribution in [2.24, 2.45) is 4.99 Å². The zero-order valence-electron chi connectivity index (χ0n) is 12.9. The van der Waals surface area contributed by atoms with E-state index in [1.54, 1.807) is 17.0 Å². The minimum Gasteiger partial charge on any atom is -0.506 e. The van der Waals surface area contributed by atoms with Crippen LogP contribution in [-0.2, 0) is 4.79 Å². The fourth-order valence-electron chi connectivity index (χ4n) is 2.28. The van der Waals surface area contributed by atoms with Crippen LogP contribution in [0.15, 0.2) is 46.4 Å². The molecule has 118 valence electrons. The van der Waals surface area contributed by atoms with Crippen LogP contribution in [0.25, 0.3) is 6.08 Å². The Balaban J connectivity index is 1.95. The summed E-state index contributed by atoms with van der Waals surface area (Å²) in [4.78, 5) is 22.2. The number of amidine groups is 1. The molecular formula is C17H17N3O2S. The molecule has 0 bridgehead atoms. The predicted octanol–water partition coefficient (Wildman–Crippen LogP) is 3.65. The maximum atomic E-state index is 12.5. The highest BCUT2D eigenvalue weighted by molar-refractivity contribution is 8.18. The maximum absolute atomic E-state index is 12.5. The third-order valence-corrected chi connectivity index (χ3v) is 4.47. The van der Waals surface area contributed by atoms with Crippen molar-refractivity contribution in [3.63, 3.8) is 0 Å². The number of likely N-dealkylation sites (N-methyl/N-ethyl adjacent to an activating group) is 1. The third-order valence-electron chi connectivity index (χ3n) is 3.46. The summed E-state index contributed by atoms with van der Waals surface area (Å²) >= 11 is 1.31. The molecule has 1 amide bonds. The number of amides is 1. The van der Waals surface area contributed by atoms with E-state index in [0.717, 1.165) is 11.3 Å². The zero-order valence-corrected chi connectivity index (χ0v) is 13.7. The van der Waals surface area contributed by atoms with E-state index >= 15 is 0 Å². The van der Waals surface area contributed by atoms with Gasteiger partial charge in [0.05, 0.1) is 4.91 Å². The molecule has 1 aliphatic rings. The van der Waals surface area contributed by atoms with Gasteiger partial charge in [-0.25, -0.2) is 4.99 Å². The van der Waals surface area contributed by atoms with Crippen molar-refractivity contribution in [1.82, 2.24) is 9.88 Å². The van der Waals surface area contributed by atoms with Crippen LogP contribution in [0.4, 0.5) is 5.69 Å². The van der Waals surface area contributed by atoms with Crippen LogP contribution in [0.1, 0.15) is 18.2 Å². The van der Waals surface area contributed by atoms with Gasteiger partial charge >= 0.3 is 0 Å². The van der Waals surface area contributed by atoms with Gasteiger partial charge in [-0.2, -0.15) is 0 Å². The minimum atomic E-state index is -0.0718. The van der Waals surface area contributed by atoms with Crippen molar-refractivity contribution in [2.75, 3.05) is 6.54 Å². The van der Waals surface area contributed by atoms with Crippen molar-refractivity contribution in [3.05, 3.63) is 52.7 Å². The van der Waals surface area contributed by atoms with Gasteiger partial charge in [-0.3, -0.25) is 9.69 Å². The lowest BCUT2D eigenvalue weighted by Crippen LogP contribution is -2.28. The molecule has 0 saturated carbocycles. The Kier molecular flexibility index (Phi) is 4.25. The quantitative estimate of drug-likeness (QED) is 0.846. The molecule has 0 atom stereocenters. The second-order valence-electron chi connectivity index (χ2n) is 5.17. The lowest BCUT2D eigenvalue weighted by Gasteiger charge is -2.12. The van der Waals surface area contributed by atoms with E-state index in [0.29, 0.717) is 22.3 Å². The lowest BCUT2D eigenvalue weighted by atomic mass is 10.2. The van der Waals surface area contributed by atoms with Crippen LogP contribution in [0, 0.1) is 6.92 Å². The number of phenolic OH excluding ortho intramolecular Hbond substituents is 1. The molecule has 5 nitrogen and oxygen atoms in total. The molecule has 1 fully saturated rings. The van der Waals surface area contributed by atoms with Gasteiger partial charge in [0.15, 0.2) is 5.17 Å². The summed E-state index contributed by atoms with van der Waals surface area (Å²) < 4.78 is 0. The first-order chi connectivity index (χ1) is 11.1. The number of aromatic amines is 1. The molecule has 1 aliphatic heterocycles. The van der Waals surface area contributed by atoms with E-state index in [1.807, 2.05) is 44.3 Å². The summed E-state index contributed by atoms with van der Waals surface area (Å²) in [5, 5.41) is 10.6. The van der Waals surface area contributed by atoms with Gasteiger partial charge in [-0.1, -0.05) is 6.07 Å². The van der Waals surface area contributed by atoms with E-state index in [-0.39, 0.29) is 11.7 Å². The van der Waals surface area contributed by atoms with E-state index in [9.17, 15) is 9.90 Å². The second-order valence-corrected chi connectivity index (χ2v) is 6.18. The van der Waals surface area contributed by atoms with Crippen LogP contribution in [0.3, 0.4) is 0 Å². The summed E-state index contributed by atoms with van der Waals surface area (Å²) in [6.07, 6.45) is 3.63. The summed E-state index contributed by atoms with van der Waals surface area (Å²) in [5.41, 5.74) is 2.29. The summed E-state index contributed by atoms with van der Waals surface area (Å²) in [7, 11) is 0. The lowest BCUT2D eigenvalue weighted by molar-refractivity contribution is -0.122. The third kappa shape index (κ3) is 3.17. The Morgan fingerprint density at radius 2 is 2.22 bits per heavy atom. The van der Waals surface area contributed by atoms with Gasteiger partial charge in [0.1, 0.15) is 11.4 Å². The molecule has 6 heteroatoms. The summed E-state index contributed by atoms with van der Waals surface area (Å²) in [6.45, 7) is 4.33. The fourth-order valence-corrected chi connectivity index (χ4v) is 3.32. The first-order valence-corrected chi connectivity index (χ1v) is 8.13. The number of carbonyl (C=O) groups is 1. The molecule has 3 rings (SSSR count). The number of aromatic nitrogens is 1. The second kappa shape index (κ2) is 6.34. The number of H-pyrrole nitrogens is 1. The predicted molar refractivity (Wildman–Crippen MR) is 93.7 cm³/mol. The molecule has 1 aromatic carbocycles. The smallest absolute Gasteiger partial charge is 0.266 e. The minimum absolute atomic E-state index is 0.0718. The van der Waals surface area contributed by atoms with Gasteiger partial charge in [-0.15, -0.1) is 0 Å². The van der Waals surface area contributed by atoms with E-state index < -0.39 is 0 Å². The number of hydrogen-bond donors (Lipinski definition) is 2. The average Bonchev–Trinajstić information content (AvgIpc) is 3.12. The number of aryl methyl sites for hydroxylation is 1. The molecule has 0 spiro atoms. The largest absolute Gasteiger partial charge is 0.506 e. The Morgan fingerprint density at radius 1 is 1.39 bits per heavy atom. The van der Waals surface area contributed by atoms with Crippen LogP contribution >= 0.6 is 11.8 Å². The van der Waals surface area contributed by atoms with Crippen LogP contribution < -0.4 is 0 Å². The van der Waals surface area contributed by atoms with Crippen molar-refractivity contribution in [3.8, 4) is 5.75 Å². The number of aromatic hydroxyl groups is 1. The van der Waals surface area contributed by atoms with Gasteiger partial charge in [0, 0.05) is 18.4 Å². The standard InChI is InChI=1S/C17H17N3O2S/c1-3-20-16(22)15(10-12-5-4-8-18-12)23-17(20)19-13-7-6-11(2)9-14(13)21/h4-10,18,21H,3H2,1-2H3/b15-10-,19-17?. The number of nitrogens with zero attached hydrogens (tertiary/aromatic N) is 2. The molecule has 2 N–H and O–H groups in total. The number of aliphatic imine (C=N–C) groups is 1. The number of hydrogen-bond acceptors (Lipinski definition) is 4. The Morgan fingerprint density at radius 3 is 2.87 bits per heavy atom. The van der Waals surface area contributed by atoms with Crippen LogP contribution in [0.5, 0.6) is 5.75 Å². The highest BCUT2D eigenvalue weighted by atomic mass is 32.2. The van der Waals surface area contributed by atoms with Crippen molar-refractivity contribution >= 4 is 34.6 Å². The van der Waals surface area contributed by atoms with Crippen molar-refractivity contribution in [2.45, 2.75) is 13.8 Å². The number of benzene rings is 1. The average molecular weight is 327 g/mol. The Bertz CT molecular complexity index is 794. The van der Waals surface area contributed by atoms with Gasteiger partial charge < -0.3 is 10.1 Å². The maximum Gasteiger partial charge on any atom is 0.266 e. The van der Waals surface area contributed by atoms with Crippen molar-refractivity contribution in [1.29, 1.82) is 0 Å². The van der Waals surface area contributed by atoms with E-state index in [4.69, 9.17) is 0 Å². The molecule has 2 heterocycles. The SMILES string of the molecule is CCN1C(=O)/C(=C/c2ccc[nH]2)SC1=Nc1ccc(C)cc1O. The number of carbonyl (C=O) groups excluding carboxylic acids is 1. The highest BCUT2D eigenvalue weighted by Crippen LogP contribution is 2.36. The first kappa shape index (κ1) is 15.4. The molecule has 0 unspecified atom stereocenters. The zero-order chi connectivity index (χ0) is 16.4. The molecule has 0 radical (unpaired) electrons. The number of thioether (sulfide) groups is 1. The Hall–Kier alpha value is -2.47. The van der Waals surface area contributed by atoms with Crippen LogP contribution in [0.2, 0.25) is 0 Å². The normalized spacial score (nSPS) is 18.3. The summed E-state index contributed by atoms with van der Waals surface area (Å²) in [6, 6.07) is 9.08. The van der Waals surface area contributed by atoms with Gasteiger partial charge in [0.25, 0.3) is 5.91 Å². The molecule has 1 aromatic heterocycles. The topological polar surface area (TPSA) is 68.7 Å². The van der Waals surface area contributed by atoms with Crippen LogP contribution in [-0.4, -0.2) is 32.6 Å². The molecule has 1 saturated heterocycles. The molecule has 0 aliphatic carbocycles. The van der Waals surface area contributed by atoms with Crippen molar-refractivity contribution < 1.29 is 9.90 Å². The first-order valence-electron chi connectivity index (χ1n) is 7.31.